The standard InChI is InChI=1S/C16H29N3O/c17-14(18-20)12-16(6-7-16)13-19-10-8-15(9-11-19)4-2-1-3-5-15/h20H,1-13H2,(H2,17,18). The Labute approximate surface area is 122 Å². The number of oxime groups is 1. The smallest absolute Gasteiger partial charge is 0.139 e. The molecule has 4 nitrogen and oxygen atoms in total. The third kappa shape index (κ3) is 3.11. The highest BCUT2D eigenvalue weighted by Crippen LogP contribution is 2.51. The first-order valence-electron chi connectivity index (χ1n) is 8.34. The van der Waals surface area contributed by atoms with Gasteiger partial charge < -0.3 is 15.8 Å². The maximum Gasteiger partial charge on any atom is 0.139 e. The molecule has 3 rings (SSSR count). The molecule has 0 radical (unpaired) electrons. The predicted octanol–water partition coefficient (Wildman–Crippen LogP) is 2.95. The molecule has 2 aliphatic carbocycles. The lowest BCUT2D eigenvalue weighted by molar-refractivity contribution is 0.0576. The molecule has 0 aromatic rings. The molecule has 0 aromatic heterocycles. The number of piperidine rings is 1. The van der Waals surface area contributed by atoms with Crippen LogP contribution in [0.4, 0.5) is 0 Å². The molecule has 1 saturated heterocycles. The van der Waals surface area contributed by atoms with Crippen molar-refractivity contribution in [2.24, 2.45) is 21.7 Å². The fourth-order valence-corrected chi connectivity index (χ4v) is 4.45. The van der Waals surface area contributed by atoms with E-state index >= 15 is 0 Å². The van der Waals surface area contributed by atoms with Gasteiger partial charge in [-0.15, -0.1) is 0 Å². The van der Waals surface area contributed by atoms with Crippen LogP contribution >= 0.6 is 0 Å². The van der Waals surface area contributed by atoms with Gasteiger partial charge in [0.05, 0.1) is 0 Å². The van der Waals surface area contributed by atoms with Gasteiger partial charge in [0, 0.05) is 13.0 Å². The minimum absolute atomic E-state index is 0.327. The Hall–Kier alpha value is -0.770. The molecule has 2 saturated carbocycles. The summed E-state index contributed by atoms with van der Waals surface area (Å²) in [5.74, 6) is 0.406. The molecule has 1 heterocycles. The number of hydrogen-bond donors (Lipinski definition) is 2. The zero-order valence-electron chi connectivity index (χ0n) is 12.6. The molecule has 114 valence electrons. The molecule has 1 spiro atoms. The fourth-order valence-electron chi connectivity index (χ4n) is 4.45. The van der Waals surface area contributed by atoms with E-state index in [0.29, 0.717) is 16.7 Å². The molecule has 3 N–H and O–H groups in total. The molecule has 4 heteroatoms. The first-order valence-corrected chi connectivity index (χ1v) is 8.34. The SMILES string of the molecule is NC(CC1(CN2CCC3(CCCCC3)CC2)CC1)=NO. The highest BCUT2D eigenvalue weighted by Gasteiger charge is 2.46. The van der Waals surface area contributed by atoms with Crippen LogP contribution in [0.2, 0.25) is 0 Å². The Kier molecular flexibility index (Phi) is 3.93. The van der Waals surface area contributed by atoms with Gasteiger partial charge in [-0.25, -0.2) is 0 Å². The average molecular weight is 279 g/mol. The summed E-state index contributed by atoms with van der Waals surface area (Å²) in [4.78, 5) is 2.64. The van der Waals surface area contributed by atoms with Gasteiger partial charge in [0.25, 0.3) is 0 Å². The van der Waals surface area contributed by atoms with Gasteiger partial charge in [0.15, 0.2) is 0 Å². The lowest BCUT2D eigenvalue weighted by atomic mass is 9.68. The summed E-state index contributed by atoms with van der Waals surface area (Å²) in [7, 11) is 0. The van der Waals surface area contributed by atoms with Crippen molar-refractivity contribution in [2.75, 3.05) is 19.6 Å². The van der Waals surface area contributed by atoms with E-state index in [1.165, 1.54) is 70.9 Å². The number of rotatable bonds is 4. The first kappa shape index (κ1) is 14.2. The van der Waals surface area contributed by atoms with Crippen LogP contribution < -0.4 is 5.73 Å². The average Bonchev–Trinajstić information content (AvgIpc) is 3.22. The predicted molar refractivity (Wildman–Crippen MR) is 80.9 cm³/mol. The Balaban J connectivity index is 1.49. The first-order chi connectivity index (χ1) is 9.65. The van der Waals surface area contributed by atoms with Crippen LogP contribution in [-0.2, 0) is 0 Å². The number of amidine groups is 1. The minimum Gasteiger partial charge on any atom is -0.409 e. The van der Waals surface area contributed by atoms with Gasteiger partial charge in [-0.05, 0) is 62.4 Å². The van der Waals surface area contributed by atoms with Crippen LogP contribution in [0.5, 0.6) is 0 Å². The third-order valence-corrected chi connectivity index (χ3v) is 6.03. The third-order valence-electron chi connectivity index (χ3n) is 6.03. The zero-order chi connectivity index (χ0) is 14.1. The van der Waals surface area contributed by atoms with Crippen molar-refractivity contribution in [1.29, 1.82) is 0 Å². The van der Waals surface area contributed by atoms with Crippen molar-refractivity contribution in [3.05, 3.63) is 0 Å². The molecule has 0 amide bonds. The van der Waals surface area contributed by atoms with Gasteiger partial charge in [-0.3, -0.25) is 0 Å². The van der Waals surface area contributed by atoms with Crippen LogP contribution in [0.1, 0.15) is 64.2 Å². The van der Waals surface area contributed by atoms with Gasteiger partial charge >= 0.3 is 0 Å². The van der Waals surface area contributed by atoms with E-state index in [0.717, 1.165) is 13.0 Å². The van der Waals surface area contributed by atoms with Crippen LogP contribution in [0.15, 0.2) is 5.16 Å². The fraction of sp³-hybridized carbons (Fsp3) is 0.938. The van der Waals surface area contributed by atoms with Crippen LogP contribution in [0, 0.1) is 10.8 Å². The molecule has 3 fully saturated rings. The summed E-state index contributed by atoms with van der Waals surface area (Å²) in [5.41, 5.74) is 6.72. The van der Waals surface area contributed by atoms with Crippen LogP contribution in [-0.4, -0.2) is 35.6 Å². The van der Waals surface area contributed by atoms with E-state index in [-0.39, 0.29) is 0 Å². The number of hydrogen-bond acceptors (Lipinski definition) is 3. The van der Waals surface area contributed by atoms with Crippen LogP contribution in [0.25, 0.3) is 0 Å². The van der Waals surface area contributed by atoms with E-state index in [4.69, 9.17) is 10.9 Å². The van der Waals surface area contributed by atoms with Crippen molar-refractivity contribution in [1.82, 2.24) is 4.90 Å². The highest BCUT2D eigenvalue weighted by atomic mass is 16.4. The Bertz CT molecular complexity index is 360. The normalized spacial score (nSPS) is 29.5. The molecule has 0 atom stereocenters. The van der Waals surface area contributed by atoms with Crippen molar-refractivity contribution in [3.63, 3.8) is 0 Å². The van der Waals surface area contributed by atoms with Gasteiger partial charge in [0.2, 0.25) is 0 Å². The number of nitrogens with zero attached hydrogens (tertiary/aromatic N) is 2. The monoisotopic (exact) mass is 279 g/mol. The Morgan fingerprint density at radius 1 is 1.00 bits per heavy atom. The summed E-state index contributed by atoms with van der Waals surface area (Å²) in [6.07, 6.45) is 13.3. The Morgan fingerprint density at radius 3 is 2.20 bits per heavy atom. The molecular weight excluding hydrogens is 250 g/mol. The number of nitrogens with two attached hydrogens (primary N) is 1. The van der Waals surface area contributed by atoms with Crippen LogP contribution in [0.3, 0.4) is 0 Å². The van der Waals surface area contributed by atoms with E-state index in [2.05, 4.69) is 10.1 Å². The molecule has 3 aliphatic rings. The van der Waals surface area contributed by atoms with Crippen molar-refractivity contribution >= 4 is 5.84 Å². The van der Waals surface area contributed by atoms with E-state index in [9.17, 15) is 0 Å². The summed E-state index contributed by atoms with van der Waals surface area (Å²) >= 11 is 0. The molecule has 0 aromatic carbocycles. The number of likely N-dealkylation sites (tertiary alicyclic amines) is 1. The van der Waals surface area contributed by atoms with E-state index < -0.39 is 0 Å². The summed E-state index contributed by atoms with van der Waals surface area (Å²) in [5, 5.41) is 11.9. The maximum atomic E-state index is 8.75. The summed E-state index contributed by atoms with van der Waals surface area (Å²) in [6.45, 7) is 3.68. The van der Waals surface area contributed by atoms with Gasteiger partial charge in [-0.2, -0.15) is 0 Å². The molecule has 20 heavy (non-hydrogen) atoms. The molecule has 1 aliphatic heterocycles. The zero-order valence-corrected chi connectivity index (χ0v) is 12.6. The second-order valence-electron chi connectivity index (χ2n) is 7.60. The maximum absolute atomic E-state index is 8.75. The van der Waals surface area contributed by atoms with Gasteiger partial charge in [0.1, 0.15) is 5.84 Å². The summed E-state index contributed by atoms with van der Waals surface area (Å²) in [6, 6.07) is 0. The second kappa shape index (κ2) is 5.55. The summed E-state index contributed by atoms with van der Waals surface area (Å²) < 4.78 is 0. The van der Waals surface area contributed by atoms with Crippen molar-refractivity contribution < 1.29 is 5.21 Å². The molecular formula is C16H29N3O. The topological polar surface area (TPSA) is 61.8 Å². The largest absolute Gasteiger partial charge is 0.409 e. The molecule has 0 unspecified atom stereocenters. The lowest BCUT2D eigenvalue weighted by Crippen LogP contribution is -2.43. The Morgan fingerprint density at radius 2 is 1.65 bits per heavy atom. The minimum atomic E-state index is 0.327. The quantitative estimate of drug-likeness (QED) is 0.360. The second-order valence-corrected chi connectivity index (χ2v) is 7.60. The van der Waals surface area contributed by atoms with Gasteiger partial charge in [-0.1, -0.05) is 24.4 Å². The molecule has 0 bridgehead atoms. The van der Waals surface area contributed by atoms with E-state index in [1.54, 1.807) is 0 Å². The lowest BCUT2D eigenvalue weighted by Gasteiger charge is -2.45. The highest BCUT2D eigenvalue weighted by molar-refractivity contribution is 5.80. The van der Waals surface area contributed by atoms with E-state index in [1.807, 2.05) is 0 Å². The van der Waals surface area contributed by atoms with Crippen molar-refractivity contribution in [2.45, 2.75) is 64.2 Å². The van der Waals surface area contributed by atoms with Crippen molar-refractivity contribution in [3.8, 4) is 0 Å².